The summed E-state index contributed by atoms with van der Waals surface area (Å²) in [6.07, 6.45) is -5.64. The van der Waals surface area contributed by atoms with Gasteiger partial charge < -0.3 is 20.3 Å². The first-order valence-electron chi connectivity index (χ1n) is 12.7. The number of carbonyl (C=O) groups excluding carboxylic acids is 1. The summed E-state index contributed by atoms with van der Waals surface area (Å²) in [7, 11) is -3.44. The Balaban J connectivity index is 1.89. The standard InChI is InChI=1S/C25H31ClF5N3O6S/c1-4-34-21(16-6-5-14(9-13(2)25(29,30)31)10-17(16)40-23(27)28)19(26)20(33-34)22(36)32-12-24(37)8-7-15(11-18(24)35)41(3,38)39/h5-6,10,13,15,18,23,35,37H,4,7-9,11-12H2,1-3H3,(H,32,36)/t13-,15-,18-,24-/m0/s1. The number of amides is 1. The number of hydrogen-bond acceptors (Lipinski definition) is 7. The zero-order chi connectivity index (χ0) is 30.9. The van der Waals surface area contributed by atoms with Gasteiger partial charge in [-0.2, -0.15) is 27.1 Å². The van der Waals surface area contributed by atoms with E-state index in [1.54, 1.807) is 6.92 Å². The molecule has 16 heteroatoms. The lowest BCUT2D eigenvalue weighted by Crippen LogP contribution is -2.56. The maximum Gasteiger partial charge on any atom is 0.391 e. The van der Waals surface area contributed by atoms with Crippen molar-refractivity contribution < 1.29 is 50.1 Å². The number of sulfone groups is 1. The Kier molecular flexibility index (Phi) is 9.98. The zero-order valence-corrected chi connectivity index (χ0v) is 24.0. The van der Waals surface area contributed by atoms with Gasteiger partial charge in [-0.3, -0.25) is 9.48 Å². The first-order chi connectivity index (χ1) is 18.9. The van der Waals surface area contributed by atoms with Gasteiger partial charge in [0.25, 0.3) is 5.91 Å². The topological polar surface area (TPSA) is 131 Å². The molecule has 3 N–H and O–H groups in total. The molecule has 1 aliphatic rings. The third kappa shape index (κ3) is 7.67. The van der Waals surface area contributed by atoms with Crippen LogP contribution in [0.25, 0.3) is 11.3 Å². The highest BCUT2D eigenvalue weighted by Crippen LogP contribution is 2.39. The second kappa shape index (κ2) is 12.4. The second-order valence-corrected chi connectivity index (χ2v) is 12.9. The van der Waals surface area contributed by atoms with Gasteiger partial charge in [-0.1, -0.05) is 24.6 Å². The van der Waals surface area contributed by atoms with Crippen molar-refractivity contribution in [2.75, 3.05) is 12.8 Å². The number of rotatable bonds is 10. The Labute approximate surface area is 238 Å². The molecule has 1 fully saturated rings. The van der Waals surface area contributed by atoms with Crippen molar-refractivity contribution >= 4 is 27.3 Å². The highest BCUT2D eigenvalue weighted by molar-refractivity contribution is 7.91. The number of carbonyl (C=O) groups is 1. The molecular formula is C25H31ClF5N3O6S. The van der Waals surface area contributed by atoms with E-state index in [-0.39, 0.29) is 53.3 Å². The summed E-state index contributed by atoms with van der Waals surface area (Å²) < 4.78 is 95.1. The van der Waals surface area contributed by atoms with E-state index in [9.17, 15) is 45.4 Å². The lowest BCUT2D eigenvalue weighted by atomic mass is 9.82. The molecule has 0 aliphatic heterocycles. The normalized spacial score (nSPS) is 22.5. The fourth-order valence-corrected chi connectivity index (χ4v) is 6.10. The van der Waals surface area contributed by atoms with Crippen LogP contribution in [0.1, 0.15) is 49.2 Å². The number of nitrogens with one attached hydrogen (secondary N) is 1. The minimum absolute atomic E-state index is 0.00204. The van der Waals surface area contributed by atoms with E-state index in [0.29, 0.717) is 0 Å². The molecule has 2 aromatic rings. The van der Waals surface area contributed by atoms with Crippen LogP contribution in [-0.2, 0) is 22.8 Å². The Morgan fingerprint density at radius 3 is 2.54 bits per heavy atom. The first-order valence-corrected chi connectivity index (χ1v) is 15.0. The van der Waals surface area contributed by atoms with Crippen molar-refractivity contribution in [2.45, 2.75) is 75.8 Å². The van der Waals surface area contributed by atoms with Crippen LogP contribution in [0.3, 0.4) is 0 Å². The molecule has 4 atom stereocenters. The summed E-state index contributed by atoms with van der Waals surface area (Å²) in [6, 6.07) is 3.62. The highest BCUT2D eigenvalue weighted by Gasteiger charge is 2.44. The average molecular weight is 632 g/mol. The molecule has 1 aliphatic carbocycles. The second-order valence-electron chi connectivity index (χ2n) is 10.2. The third-order valence-corrected chi connectivity index (χ3v) is 9.19. The van der Waals surface area contributed by atoms with Crippen molar-refractivity contribution in [3.8, 4) is 17.0 Å². The minimum Gasteiger partial charge on any atom is -0.434 e. The summed E-state index contributed by atoms with van der Waals surface area (Å²) >= 11 is 6.47. The van der Waals surface area contributed by atoms with Gasteiger partial charge in [0, 0.05) is 24.9 Å². The fourth-order valence-electron chi connectivity index (χ4n) is 4.70. The molecule has 1 amide bonds. The third-order valence-electron chi connectivity index (χ3n) is 7.19. The van der Waals surface area contributed by atoms with Gasteiger partial charge in [0.15, 0.2) is 5.69 Å². The SMILES string of the molecule is CCn1nc(C(=O)NC[C@@]2(O)CC[C@H](S(C)(=O)=O)C[C@@H]2O)c(Cl)c1-c1ccc(C[C@H](C)C(F)(F)F)cc1OC(F)F. The smallest absolute Gasteiger partial charge is 0.391 e. The molecule has 41 heavy (non-hydrogen) atoms. The van der Waals surface area contributed by atoms with Crippen LogP contribution in [0.4, 0.5) is 22.0 Å². The minimum atomic E-state index is -4.50. The number of aliphatic hydroxyl groups is 2. The van der Waals surface area contributed by atoms with Crippen LogP contribution in [0.15, 0.2) is 18.2 Å². The summed E-state index contributed by atoms with van der Waals surface area (Å²) in [4.78, 5) is 13.0. The van der Waals surface area contributed by atoms with Crippen LogP contribution in [0, 0.1) is 5.92 Å². The molecule has 1 saturated carbocycles. The van der Waals surface area contributed by atoms with Crippen LogP contribution >= 0.6 is 11.6 Å². The molecule has 1 aromatic carbocycles. The van der Waals surface area contributed by atoms with Crippen LogP contribution in [0.2, 0.25) is 5.02 Å². The lowest BCUT2D eigenvalue weighted by molar-refractivity contribution is -0.169. The Hall–Kier alpha value is -2.49. The molecule has 1 heterocycles. The van der Waals surface area contributed by atoms with Crippen molar-refractivity contribution in [1.82, 2.24) is 15.1 Å². The molecule has 3 rings (SSSR count). The largest absolute Gasteiger partial charge is 0.434 e. The van der Waals surface area contributed by atoms with Crippen LogP contribution < -0.4 is 10.1 Å². The monoisotopic (exact) mass is 631 g/mol. The molecule has 0 spiro atoms. The predicted molar refractivity (Wildman–Crippen MR) is 140 cm³/mol. The predicted octanol–water partition coefficient (Wildman–Crippen LogP) is 3.98. The Morgan fingerprint density at radius 1 is 1.34 bits per heavy atom. The number of alkyl halides is 5. The average Bonchev–Trinajstić information content (AvgIpc) is 3.19. The van der Waals surface area contributed by atoms with E-state index < -0.39 is 70.1 Å². The summed E-state index contributed by atoms with van der Waals surface area (Å²) in [5.74, 6) is -3.08. The molecular weight excluding hydrogens is 601 g/mol. The van der Waals surface area contributed by atoms with E-state index in [1.165, 1.54) is 16.8 Å². The van der Waals surface area contributed by atoms with Gasteiger partial charge in [0.2, 0.25) is 0 Å². The number of hydrogen-bond donors (Lipinski definition) is 3. The molecule has 9 nitrogen and oxygen atoms in total. The maximum atomic E-state index is 13.3. The van der Waals surface area contributed by atoms with E-state index in [1.807, 2.05) is 0 Å². The van der Waals surface area contributed by atoms with Crippen molar-refractivity contribution in [3.05, 3.63) is 34.5 Å². The van der Waals surface area contributed by atoms with E-state index in [0.717, 1.165) is 19.2 Å². The zero-order valence-electron chi connectivity index (χ0n) is 22.4. The summed E-state index contributed by atoms with van der Waals surface area (Å²) in [5.41, 5.74) is -2.12. The number of aromatic nitrogens is 2. The van der Waals surface area contributed by atoms with Gasteiger partial charge in [-0.25, -0.2) is 8.42 Å². The van der Waals surface area contributed by atoms with Gasteiger partial charge in [0.1, 0.15) is 21.2 Å². The van der Waals surface area contributed by atoms with E-state index in [4.69, 9.17) is 11.6 Å². The van der Waals surface area contributed by atoms with Crippen molar-refractivity contribution in [1.29, 1.82) is 0 Å². The summed E-state index contributed by atoms with van der Waals surface area (Å²) in [5, 5.41) is 26.7. The van der Waals surface area contributed by atoms with Gasteiger partial charge >= 0.3 is 12.8 Å². The quantitative estimate of drug-likeness (QED) is 0.338. The molecule has 0 saturated heterocycles. The van der Waals surface area contributed by atoms with Crippen LogP contribution in [-0.4, -0.2) is 76.9 Å². The van der Waals surface area contributed by atoms with Crippen LogP contribution in [0.5, 0.6) is 5.75 Å². The van der Waals surface area contributed by atoms with Gasteiger partial charge in [-0.05, 0) is 50.3 Å². The number of benzene rings is 1. The number of nitrogens with zero attached hydrogens (tertiary/aromatic N) is 2. The number of halogens is 6. The fraction of sp³-hybridized carbons (Fsp3) is 0.600. The first kappa shape index (κ1) is 33.0. The van der Waals surface area contributed by atoms with E-state index >= 15 is 0 Å². The summed E-state index contributed by atoms with van der Waals surface area (Å²) in [6.45, 7) is -1.07. The molecule has 0 radical (unpaired) electrons. The lowest BCUT2D eigenvalue weighted by Gasteiger charge is -2.39. The van der Waals surface area contributed by atoms with E-state index in [2.05, 4.69) is 15.2 Å². The Morgan fingerprint density at radius 2 is 2.00 bits per heavy atom. The number of aliphatic hydroxyl groups excluding tert-OH is 1. The number of ether oxygens (including phenoxy) is 1. The Bertz CT molecular complexity index is 1370. The van der Waals surface area contributed by atoms with Crippen molar-refractivity contribution in [2.24, 2.45) is 5.92 Å². The molecule has 230 valence electrons. The maximum absolute atomic E-state index is 13.3. The molecule has 0 unspecified atom stereocenters. The highest BCUT2D eigenvalue weighted by atomic mass is 35.5. The van der Waals surface area contributed by atoms with Gasteiger partial charge in [0.05, 0.1) is 28.0 Å². The molecule has 1 aromatic heterocycles. The van der Waals surface area contributed by atoms with Gasteiger partial charge in [-0.15, -0.1) is 0 Å². The van der Waals surface area contributed by atoms with Crippen molar-refractivity contribution in [3.63, 3.8) is 0 Å². The molecule has 0 bridgehead atoms. The number of aryl methyl sites for hydroxylation is 1.